The number of para-hydroxylation sites is 2. The summed E-state index contributed by atoms with van der Waals surface area (Å²) in [6.07, 6.45) is 4.84. The molecule has 0 radical (unpaired) electrons. The van der Waals surface area contributed by atoms with Crippen molar-refractivity contribution in [2.45, 2.75) is 13.3 Å². The van der Waals surface area contributed by atoms with E-state index in [9.17, 15) is 0 Å². The smallest absolute Gasteiger partial charge is 0.148 e. The molecule has 0 bridgehead atoms. The molecule has 0 saturated carbocycles. The standard InChI is InChI=1S/C15H17N5/c1-11-15(16-8-7-12-9-17-20(2)10-12)19-14-6-4-3-5-13(14)18-11/h3-6,9-10H,7-8H2,1-2H3,(H,16,19). The summed E-state index contributed by atoms with van der Waals surface area (Å²) in [6.45, 7) is 2.80. The molecule has 1 N–H and O–H groups in total. The number of rotatable bonds is 4. The van der Waals surface area contributed by atoms with Crippen LogP contribution in [0.15, 0.2) is 36.7 Å². The Hall–Kier alpha value is -2.43. The predicted octanol–water partition coefficient (Wildman–Crippen LogP) is 2.33. The van der Waals surface area contributed by atoms with E-state index in [1.807, 2.05) is 55.3 Å². The molecule has 3 aromatic rings. The highest BCUT2D eigenvalue weighted by atomic mass is 15.2. The maximum Gasteiger partial charge on any atom is 0.148 e. The van der Waals surface area contributed by atoms with Gasteiger partial charge in [0.25, 0.3) is 0 Å². The van der Waals surface area contributed by atoms with Crippen LogP contribution in [0.1, 0.15) is 11.3 Å². The normalized spacial score (nSPS) is 10.9. The van der Waals surface area contributed by atoms with Gasteiger partial charge in [-0.15, -0.1) is 0 Å². The first kappa shape index (κ1) is 12.6. The van der Waals surface area contributed by atoms with Crippen molar-refractivity contribution in [3.63, 3.8) is 0 Å². The first-order valence-electron chi connectivity index (χ1n) is 6.67. The second-order valence-electron chi connectivity index (χ2n) is 4.85. The van der Waals surface area contributed by atoms with Gasteiger partial charge in [-0.1, -0.05) is 12.1 Å². The summed E-state index contributed by atoms with van der Waals surface area (Å²) in [5.41, 5.74) is 3.99. The molecule has 0 amide bonds. The molecule has 0 aliphatic rings. The lowest BCUT2D eigenvalue weighted by Crippen LogP contribution is -2.08. The molecule has 102 valence electrons. The van der Waals surface area contributed by atoms with Crippen LogP contribution in [0.25, 0.3) is 11.0 Å². The maximum atomic E-state index is 4.62. The van der Waals surface area contributed by atoms with E-state index in [0.29, 0.717) is 0 Å². The zero-order chi connectivity index (χ0) is 13.9. The monoisotopic (exact) mass is 267 g/mol. The average molecular weight is 267 g/mol. The van der Waals surface area contributed by atoms with E-state index in [2.05, 4.69) is 20.4 Å². The lowest BCUT2D eigenvalue weighted by Gasteiger charge is -2.08. The van der Waals surface area contributed by atoms with E-state index in [4.69, 9.17) is 0 Å². The van der Waals surface area contributed by atoms with E-state index in [-0.39, 0.29) is 0 Å². The van der Waals surface area contributed by atoms with Gasteiger partial charge in [0.05, 0.1) is 22.9 Å². The fourth-order valence-electron chi connectivity index (χ4n) is 2.18. The summed E-state index contributed by atoms with van der Waals surface area (Å²) in [4.78, 5) is 9.18. The SMILES string of the molecule is Cc1nc2ccccc2nc1NCCc1cnn(C)c1. The largest absolute Gasteiger partial charge is 0.368 e. The third-order valence-corrected chi connectivity index (χ3v) is 3.21. The molecule has 0 aliphatic carbocycles. The minimum absolute atomic E-state index is 0.819. The third kappa shape index (κ3) is 2.61. The fraction of sp³-hybridized carbons (Fsp3) is 0.267. The molecular formula is C15H17N5. The van der Waals surface area contributed by atoms with Gasteiger partial charge >= 0.3 is 0 Å². The predicted molar refractivity (Wildman–Crippen MR) is 79.7 cm³/mol. The molecule has 2 aromatic heterocycles. The van der Waals surface area contributed by atoms with Crippen molar-refractivity contribution in [1.29, 1.82) is 0 Å². The molecule has 0 atom stereocenters. The minimum atomic E-state index is 0.819. The number of anilines is 1. The van der Waals surface area contributed by atoms with Crippen molar-refractivity contribution in [3.05, 3.63) is 47.9 Å². The van der Waals surface area contributed by atoms with E-state index in [1.165, 1.54) is 5.56 Å². The highest BCUT2D eigenvalue weighted by Crippen LogP contribution is 2.15. The van der Waals surface area contributed by atoms with Crippen LogP contribution in [0.4, 0.5) is 5.82 Å². The number of nitrogens with one attached hydrogen (secondary N) is 1. The molecule has 1 aromatic carbocycles. The van der Waals surface area contributed by atoms with Gasteiger partial charge in [0.1, 0.15) is 5.82 Å². The highest BCUT2D eigenvalue weighted by molar-refractivity contribution is 5.76. The highest BCUT2D eigenvalue weighted by Gasteiger charge is 2.04. The van der Waals surface area contributed by atoms with Crippen molar-refractivity contribution in [1.82, 2.24) is 19.7 Å². The van der Waals surface area contributed by atoms with Crippen LogP contribution < -0.4 is 5.32 Å². The maximum absolute atomic E-state index is 4.62. The Morgan fingerprint density at radius 1 is 1.15 bits per heavy atom. The van der Waals surface area contributed by atoms with Crippen LogP contribution in [0, 0.1) is 6.92 Å². The Labute approximate surface area is 117 Å². The summed E-state index contributed by atoms with van der Waals surface area (Å²) in [7, 11) is 1.93. The number of benzene rings is 1. The summed E-state index contributed by atoms with van der Waals surface area (Å²) in [5, 5.41) is 7.51. The van der Waals surface area contributed by atoms with Gasteiger partial charge in [-0.3, -0.25) is 4.68 Å². The number of fused-ring (bicyclic) bond motifs is 1. The van der Waals surface area contributed by atoms with Crippen LogP contribution in [-0.4, -0.2) is 26.3 Å². The molecule has 2 heterocycles. The van der Waals surface area contributed by atoms with Gasteiger partial charge in [-0.25, -0.2) is 9.97 Å². The number of hydrogen-bond donors (Lipinski definition) is 1. The van der Waals surface area contributed by atoms with Crippen LogP contribution >= 0.6 is 0 Å². The zero-order valence-corrected chi connectivity index (χ0v) is 11.7. The van der Waals surface area contributed by atoms with Crippen molar-refractivity contribution in [2.75, 3.05) is 11.9 Å². The van der Waals surface area contributed by atoms with E-state index in [1.54, 1.807) is 0 Å². The molecule has 0 unspecified atom stereocenters. The first-order valence-corrected chi connectivity index (χ1v) is 6.67. The van der Waals surface area contributed by atoms with Gasteiger partial charge in [-0.05, 0) is 31.0 Å². The van der Waals surface area contributed by atoms with Gasteiger partial charge in [0.15, 0.2) is 0 Å². The second kappa shape index (κ2) is 5.28. The van der Waals surface area contributed by atoms with Crippen LogP contribution in [0.2, 0.25) is 0 Å². The molecule has 3 rings (SSSR count). The van der Waals surface area contributed by atoms with Crippen molar-refractivity contribution < 1.29 is 0 Å². The van der Waals surface area contributed by atoms with Crippen molar-refractivity contribution >= 4 is 16.9 Å². The molecule has 0 aliphatic heterocycles. The van der Waals surface area contributed by atoms with E-state index in [0.717, 1.165) is 35.5 Å². The lowest BCUT2D eigenvalue weighted by atomic mass is 10.2. The van der Waals surface area contributed by atoms with E-state index < -0.39 is 0 Å². The van der Waals surface area contributed by atoms with Crippen LogP contribution in [0.5, 0.6) is 0 Å². The molecule has 5 heteroatoms. The molecule has 0 saturated heterocycles. The topological polar surface area (TPSA) is 55.6 Å². The lowest BCUT2D eigenvalue weighted by molar-refractivity contribution is 0.767. The number of aromatic nitrogens is 4. The average Bonchev–Trinajstić information content (AvgIpc) is 2.85. The van der Waals surface area contributed by atoms with Gasteiger partial charge in [-0.2, -0.15) is 5.10 Å². The zero-order valence-electron chi connectivity index (χ0n) is 11.7. The molecular weight excluding hydrogens is 250 g/mol. The van der Waals surface area contributed by atoms with Crippen LogP contribution in [-0.2, 0) is 13.5 Å². The summed E-state index contributed by atoms with van der Waals surface area (Å²) in [6, 6.07) is 7.92. The van der Waals surface area contributed by atoms with Crippen molar-refractivity contribution in [2.24, 2.45) is 7.05 Å². The van der Waals surface area contributed by atoms with Crippen LogP contribution in [0.3, 0.4) is 0 Å². The van der Waals surface area contributed by atoms with Gasteiger partial charge in [0, 0.05) is 19.8 Å². The minimum Gasteiger partial charge on any atom is -0.368 e. The Balaban J connectivity index is 1.72. The van der Waals surface area contributed by atoms with E-state index >= 15 is 0 Å². The first-order chi connectivity index (χ1) is 9.72. The molecule has 0 spiro atoms. The Morgan fingerprint density at radius 3 is 2.60 bits per heavy atom. The third-order valence-electron chi connectivity index (χ3n) is 3.21. The summed E-state index contributed by atoms with van der Waals surface area (Å²) in [5.74, 6) is 0.854. The molecule has 0 fully saturated rings. The molecule has 20 heavy (non-hydrogen) atoms. The Kier molecular flexibility index (Phi) is 3.33. The van der Waals surface area contributed by atoms with Gasteiger partial charge in [0.2, 0.25) is 0 Å². The fourth-order valence-corrected chi connectivity index (χ4v) is 2.18. The quantitative estimate of drug-likeness (QED) is 0.788. The number of hydrogen-bond acceptors (Lipinski definition) is 4. The Bertz CT molecular complexity index is 732. The van der Waals surface area contributed by atoms with Crippen molar-refractivity contribution in [3.8, 4) is 0 Å². The second-order valence-corrected chi connectivity index (χ2v) is 4.85. The number of nitrogens with zero attached hydrogens (tertiary/aromatic N) is 4. The number of aryl methyl sites for hydroxylation is 2. The molecule has 5 nitrogen and oxygen atoms in total. The van der Waals surface area contributed by atoms with Gasteiger partial charge < -0.3 is 5.32 Å². The Morgan fingerprint density at radius 2 is 1.90 bits per heavy atom. The summed E-state index contributed by atoms with van der Waals surface area (Å²) < 4.78 is 1.82. The summed E-state index contributed by atoms with van der Waals surface area (Å²) >= 11 is 0.